The number of esters is 1. The Balaban J connectivity index is 2.25. The molecule has 0 radical (unpaired) electrons. The number of nitrogens with zero attached hydrogens (tertiary/aromatic N) is 2. The summed E-state index contributed by atoms with van der Waals surface area (Å²) in [5, 5.41) is 10.8. The number of hydrogen-bond donors (Lipinski definition) is 1. The molecule has 0 aromatic carbocycles. The van der Waals surface area contributed by atoms with Crippen LogP contribution in [0.1, 0.15) is 76.0 Å². The maximum Gasteiger partial charge on any atom is 0.361 e. The molecular formula is C14H23N3O2. The van der Waals surface area contributed by atoms with Gasteiger partial charge in [-0.15, -0.1) is 5.10 Å². The summed E-state index contributed by atoms with van der Waals surface area (Å²) in [4.78, 5) is 12.2. The van der Waals surface area contributed by atoms with Crippen molar-refractivity contribution >= 4 is 5.97 Å². The molecule has 106 valence electrons. The smallest absolute Gasteiger partial charge is 0.361 e. The van der Waals surface area contributed by atoms with E-state index in [1.54, 1.807) is 0 Å². The lowest BCUT2D eigenvalue weighted by Crippen LogP contribution is -2.26. The average molecular weight is 265 g/mol. The van der Waals surface area contributed by atoms with Gasteiger partial charge < -0.3 is 4.74 Å². The summed E-state index contributed by atoms with van der Waals surface area (Å²) < 4.78 is 5.39. The number of aromatic amines is 1. The Kier molecular flexibility index (Phi) is 3.41. The molecular weight excluding hydrogens is 242 g/mol. The van der Waals surface area contributed by atoms with Gasteiger partial charge in [-0.3, -0.25) is 0 Å². The van der Waals surface area contributed by atoms with Crippen molar-refractivity contribution < 1.29 is 9.53 Å². The molecule has 0 amide bonds. The Bertz CT molecular complexity index is 471. The maximum absolute atomic E-state index is 12.2. The monoisotopic (exact) mass is 265 g/mol. The van der Waals surface area contributed by atoms with Gasteiger partial charge in [-0.05, 0) is 39.0 Å². The molecule has 1 aromatic heterocycles. The molecule has 0 saturated heterocycles. The predicted octanol–water partition coefficient (Wildman–Crippen LogP) is 3.05. The number of carbonyl (C=O) groups is 1. The largest absolute Gasteiger partial charge is 0.455 e. The topological polar surface area (TPSA) is 67.9 Å². The lowest BCUT2D eigenvalue weighted by molar-refractivity contribution is 0.00604. The summed E-state index contributed by atoms with van der Waals surface area (Å²) in [5.41, 5.74) is 0.748. The molecule has 0 bridgehead atoms. The zero-order valence-electron chi connectivity index (χ0n) is 12.4. The highest BCUT2D eigenvalue weighted by atomic mass is 16.6. The van der Waals surface area contributed by atoms with E-state index in [9.17, 15) is 4.79 Å². The van der Waals surface area contributed by atoms with Crippen LogP contribution in [-0.4, -0.2) is 27.0 Å². The second kappa shape index (κ2) is 4.62. The molecule has 1 N–H and O–H groups in total. The lowest BCUT2D eigenvalue weighted by atomic mass is 9.79. The van der Waals surface area contributed by atoms with Gasteiger partial charge in [-0.1, -0.05) is 20.3 Å². The van der Waals surface area contributed by atoms with Crippen LogP contribution in [0.15, 0.2) is 0 Å². The van der Waals surface area contributed by atoms with Gasteiger partial charge in [-0.2, -0.15) is 10.3 Å². The third-order valence-corrected chi connectivity index (χ3v) is 3.75. The molecule has 19 heavy (non-hydrogen) atoms. The molecule has 1 aliphatic rings. The number of ether oxygens (including phenoxy) is 1. The van der Waals surface area contributed by atoms with Gasteiger partial charge in [0.1, 0.15) is 11.3 Å². The fourth-order valence-electron chi connectivity index (χ4n) is 2.79. The molecule has 5 nitrogen and oxygen atoms in total. The molecule has 1 heterocycles. The van der Waals surface area contributed by atoms with E-state index in [1.807, 2.05) is 20.8 Å². The third-order valence-electron chi connectivity index (χ3n) is 3.75. The van der Waals surface area contributed by atoms with E-state index < -0.39 is 5.60 Å². The Morgan fingerprint density at radius 3 is 2.58 bits per heavy atom. The van der Waals surface area contributed by atoms with E-state index >= 15 is 0 Å². The van der Waals surface area contributed by atoms with Gasteiger partial charge in [-0.25, -0.2) is 4.79 Å². The molecule has 1 aliphatic carbocycles. The summed E-state index contributed by atoms with van der Waals surface area (Å²) in [6, 6.07) is 0. The first-order chi connectivity index (χ1) is 8.71. The molecule has 0 aliphatic heterocycles. The van der Waals surface area contributed by atoms with E-state index in [0.717, 1.165) is 25.0 Å². The Morgan fingerprint density at radius 1 is 1.37 bits per heavy atom. The zero-order chi connectivity index (χ0) is 14.3. The van der Waals surface area contributed by atoms with E-state index in [4.69, 9.17) is 4.74 Å². The van der Waals surface area contributed by atoms with Gasteiger partial charge in [0.15, 0.2) is 5.69 Å². The van der Waals surface area contributed by atoms with Crippen molar-refractivity contribution in [2.24, 2.45) is 5.41 Å². The minimum Gasteiger partial charge on any atom is -0.455 e. The standard InChI is InChI=1S/C14H23N3O2/c1-13(2,3)19-12(18)11-10(15-17-16-11)9-7-6-8-14(9,4)5/h9H,6-8H2,1-5H3,(H,15,16,17). The number of aromatic nitrogens is 3. The van der Waals surface area contributed by atoms with Crippen molar-refractivity contribution in [2.75, 3.05) is 0 Å². The van der Waals surface area contributed by atoms with E-state index in [1.165, 1.54) is 0 Å². The number of rotatable bonds is 2. The van der Waals surface area contributed by atoms with E-state index in [0.29, 0.717) is 5.69 Å². The Hall–Kier alpha value is -1.39. The van der Waals surface area contributed by atoms with Crippen LogP contribution < -0.4 is 0 Å². The fraction of sp³-hybridized carbons (Fsp3) is 0.786. The van der Waals surface area contributed by atoms with Crippen LogP contribution in [0, 0.1) is 5.41 Å². The summed E-state index contributed by atoms with van der Waals surface area (Å²) in [6.45, 7) is 9.99. The second-order valence-electron chi connectivity index (χ2n) is 6.99. The predicted molar refractivity (Wildman–Crippen MR) is 71.9 cm³/mol. The molecule has 1 unspecified atom stereocenters. The zero-order valence-corrected chi connectivity index (χ0v) is 12.4. The van der Waals surface area contributed by atoms with E-state index in [2.05, 4.69) is 29.3 Å². The summed E-state index contributed by atoms with van der Waals surface area (Å²) in [7, 11) is 0. The van der Waals surface area contributed by atoms with Gasteiger partial charge in [0, 0.05) is 5.92 Å². The van der Waals surface area contributed by atoms with Crippen LogP contribution in [0.5, 0.6) is 0 Å². The number of H-pyrrole nitrogens is 1. The van der Waals surface area contributed by atoms with Gasteiger partial charge >= 0.3 is 5.97 Å². The molecule has 5 heteroatoms. The van der Waals surface area contributed by atoms with Crippen molar-refractivity contribution in [2.45, 2.75) is 65.4 Å². The first-order valence-electron chi connectivity index (χ1n) is 6.85. The van der Waals surface area contributed by atoms with Crippen molar-refractivity contribution in [3.8, 4) is 0 Å². The van der Waals surface area contributed by atoms with Crippen LogP contribution >= 0.6 is 0 Å². The highest BCUT2D eigenvalue weighted by molar-refractivity contribution is 5.88. The van der Waals surface area contributed by atoms with E-state index in [-0.39, 0.29) is 17.3 Å². The lowest BCUT2D eigenvalue weighted by Gasteiger charge is -2.26. The molecule has 2 rings (SSSR count). The minimum absolute atomic E-state index is 0.160. The first kappa shape index (κ1) is 14.0. The summed E-state index contributed by atoms with van der Waals surface area (Å²) in [5.74, 6) is -0.118. The number of hydrogen-bond acceptors (Lipinski definition) is 4. The minimum atomic E-state index is -0.515. The summed E-state index contributed by atoms with van der Waals surface area (Å²) >= 11 is 0. The van der Waals surface area contributed by atoms with Gasteiger partial charge in [0.2, 0.25) is 0 Å². The van der Waals surface area contributed by atoms with Crippen LogP contribution in [-0.2, 0) is 4.74 Å². The molecule has 0 spiro atoms. The maximum atomic E-state index is 12.2. The van der Waals surface area contributed by atoms with Crippen molar-refractivity contribution in [3.63, 3.8) is 0 Å². The highest BCUT2D eigenvalue weighted by Gasteiger charge is 2.40. The number of nitrogens with one attached hydrogen (secondary N) is 1. The normalized spacial score (nSPS) is 22.5. The molecule has 1 atom stereocenters. The quantitative estimate of drug-likeness (QED) is 0.834. The third kappa shape index (κ3) is 2.96. The molecule has 1 saturated carbocycles. The van der Waals surface area contributed by atoms with Crippen molar-refractivity contribution in [1.29, 1.82) is 0 Å². The van der Waals surface area contributed by atoms with Crippen LogP contribution in [0.25, 0.3) is 0 Å². The average Bonchev–Trinajstić information content (AvgIpc) is 2.80. The van der Waals surface area contributed by atoms with Crippen LogP contribution in [0.4, 0.5) is 0 Å². The van der Waals surface area contributed by atoms with Gasteiger partial charge in [0.25, 0.3) is 0 Å². The fourth-order valence-corrected chi connectivity index (χ4v) is 2.79. The van der Waals surface area contributed by atoms with Crippen LogP contribution in [0.3, 0.4) is 0 Å². The SMILES string of the molecule is CC(C)(C)OC(=O)c1n[nH]nc1C1CCCC1(C)C. The summed E-state index contributed by atoms with van der Waals surface area (Å²) in [6.07, 6.45) is 3.37. The van der Waals surface area contributed by atoms with Crippen molar-refractivity contribution in [3.05, 3.63) is 11.4 Å². The molecule has 1 aromatic rings. The van der Waals surface area contributed by atoms with Gasteiger partial charge in [0.05, 0.1) is 0 Å². The highest BCUT2D eigenvalue weighted by Crippen LogP contribution is 2.48. The number of carbonyl (C=O) groups excluding carboxylic acids is 1. The molecule has 1 fully saturated rings. The Morgan fingerprint density at radius 2 is 2.05 bits per heavy atom. The second-order valence-corrected chi connectivity index (χ2v) is 6.99. The first-order valence-corrected chi connectivity index (χ1v) is 6.85. The van der Waals surface area contributed by atoms with Crippen LogP contribution in [0.2, 0.25) is 0 Å². The van der Waals surface area contributed by atoms with Crippen molar-refractivity contribution in [1.82, 2.24) is 15.4 Å². The Labute approximate surface area is 114 Å².